The van der Waals surface area contributed by atoms with Gasteiger partial charge in [-0.1, -0.05) is 29.8 Å². The highest BCUT2D eigenvalue weighted by Crippen LogP contribution is 2.36. The maximum Gasteiger partial charge on any atom is 0.415 e. The molecule has 0 spiro atoms. The van der Waals surface area contributed by atoms with E-state index in [-0.39, 0.29) is 30.2 Å². The zero-order chi connectivity index (χ0) is 29.8. The Labute approximate surface area is 248 Å². The number of carbonyl (C=O) groups excluding carboxylic acids is 2. The van der Waals surface area contributed by atoms with Crippen LogP contribution in [-0.4, -0.2) is 66.6 Å². The highest BCUT2D eigenvalue weighted by atomic mass is 35.5. The lowest BCUT2D eigenvalue weighted by Crippen LogP contribution is -2.42. The molecule has 0 aliphatic carbocycles. The summed E-state index contributed by atoms with van der Waals surface area (Å²) in [4.78, 5) is 36.2. The zero-order valence-corrected chi connectivity index (χ0v) is 23.8. The lowest BCUT2D eigenvalue weighted by molar-refractivity contribution is -0.135. The number of nitrogens with zero attached hydrogens (tertiary/aromatic N) is 5. The number of amides is 2. The Morgan fingerprint density at radius 2 is 1.83 bits per heavy atom. The summed E-state index contributed by atoms with van der Waals surface area (Å²) in [5.74, 6) is -2.25. The molecule has 1 aromatic heterocycles. The smallest absolute Gasteiger partial charge is 0.407 e. The molecule has 11 heteroatoms. The molecule has 2 aliphatic rings. The molecule has 5 rings (SSSR count). The van der Waals surface area contributed by atoms with Crippen LogP contribution in [0.25, 0.3) is 0 Å². The number of anilines is 1. The summed E-state index contributed by atoms with van der Waals surface area (Å²) < 4.78 is 32.8. The molecular formula is C31H30ClF2N5O3. The largest absolute Gasteiger partial charge is 0.415 e. The van der Waals surface area contributed by atoms with Crippen LogP contribution in [0.4, 0.5) is 19.4 Å². The summed E-state index contributed by atoms with van der Waals surface area (Å²) in [6.45, 7) is 2.53. The van der Waals surface area contributed by atoms with Crippen molar-refractivity contribution in [3.8, 4) is 11.8 Å². The second-order valence-electron chi connectivity index (χ2n) is 10.7. The van der Waals surface area contributed by atoms with Gasteiger partial charge in [0.15, 0.2) is 11.6 Å². The number of rotatable bonds is 6. The van der Waals surface area contributed by atoms with Crippen LogP contribution in [0.3, 0.4) is 0 Å². The predicted octanol–water partition coefficient (Wildman–Crippen LogP) is 5.47. The number of hydrogen-bond donors (Lipinski definition) is 0. The minimum atomic E-state index is -1.23. The van der Waals surface area contributed by atoms with Crippen molar-refractivity contribution in [3.05, 3.63) is 88.6 Å². The molecule has 2 saturated heterocycles. The fourth-order valence-electron chi connectivity index (χ4n) is 5.74. The van der Waals surface area contributed by atoms with Gasteiger partial charge in [-0.15, -0.1) is 0 Å². The first kappa shape index (κ1) is 29.3. The van der Waals surface area contributed by atoms with E-state index in [0.29, 0.717) is 49.6 Å². The predicted molar refractivity (Wildman–Crippen MR) is 153 cm³/mol. The molecule has 3 aromatic rings. The third-order valence-electron chi connectivity index (χ3n) is 8.03. The second-order valence-corrected chi connectivity index (χ2v) is 11.2. The Kier molecular flexibility index (Phi) is 8.88. The van der Waals surface area contributed by atoms with Crippen LogP contribution in [0.5, 0.6) is 5.75 Å². The van der Waals surface area contributed by atoms with Gasteiger partial charge in [0.05, 0.1) is 5.56 Å². The fraction of sp³-hybridized carbons (Fsp3) is 0.355. The van der Waals surface area contributed by atoms with Crippen LogP contribution in [0, 0.1) is 34.8 Å². The SMILES string of the molecule is CN(CC1CN(C(=O)C2CCN(c3ccc(C#N)cn3)CC2)C[C@H]1c1ccc(Cl)cc1)C(=O)Oc1cccc(F)c1F. The lowest BCUT2D eigenvalue weighted by atomic mass is 9.88. The highest BCUT2D eigenvalue weighted by molar-refractivity contribution is 6.30. The van der Waals surface area contributed by atoms with Gasteiger partial charge >= 0.3 is 6.09 Å². The van der Waals surface area contributed by atoms with Crippen LogP contribution in [0.15, 0.2) is 60.8 Å². The van der Waals surface area contributed by atoms with Crippen LogP contribution < -0.4 is 9.64 Å². The second kappa shape index (κ2) is 12.7. The molecule has 0 bridgehead atoms. The number of aromatic nitrogens is 1. The Balaban J connectivity index is 1.25. The third-order valence-corrected chi connectivity index (χ3v) is 8.28. The molecule has 0 N–H and O–H groups in total. The number of piperidine rings is 1. The minimum Gasteiger partial charge on any atom is -0.407 e. The Bertz CT molecular complexity index is 1470. The number of nitriles is 1. The molecule has 2 aliphatic heterocycles. The number of likely N-dealkylation sites (tertiary alicyclic amines) is 1. The molecule has 1 unspecified atom stereocenters. The molecule has 42 heavy (non-hydrogen) atoms. The van der Waals surface area contributed by atoms with Crippen molar-refractivity contribution in [2.75, 3.05) is 44.7 Å². The average molecular weight is 594 g/mol. The number of carbonyl (C=O) groups is 2. The van der Waals surface area contributed by atoms with Gasteiger partial charge in [0.2, 0.25) is 11.7 Å². The zero-order valence-electron chi connectivity index (χ0n) is 23.1. The summed E-state index contributed by atoms with van der Waals surface area (Å²) in [7, 11) is 1.54. The van der Waals surface area contributed by atoms with Crippen molar-refractivity contribution < 1.29 is 23.1 Å². The Hall–Kier alpha value is -4.23. The van der Waals surface area contributed by atoms with E-state index in [1.165, 1.54) is 24.1 Å². The van der Waals surface area contributed by atoms with Crippen molar-refractivity contribution in [1.82, 2.24) is 14.8 Å². The van der Waals surface area contributed by atoms with Crippen LogP contribution >= 0.6 is 11.6 Å². The summed E-state index contributed by atoms with van der Waals surface area (Å²) in [5, 5.41) is 9.61. The topological polar surface area (TPSA) is 89.8 Å². The van der Waals surface area contributed by atoms with Gasteiger partial charge in [-0.3, -0.25) is 4.79 Å². The molecule has 0 radical (unpaired) electrons. The number of hydrogen-bond acceptors (Lipinski definition) is 6. The van der Waals surface area contributed by atoms with Gasteiger partial charge in [-0.05, 0) is 54.8 Å². The Morgan fingerprint density at radius 1 is 1.10 bits per heavy atom. The van der Waals surface area contributed by atoms with Gasteiger partial charge in [-0.2, -0.15) is 9.65 Å². The molecule has 2 fully saturated rings. The molecule has 218 valence electrons. The van der Waals surface area contributed by atoms with Gasteiger partial charge in [0, 0.05) is 68.7 Å². The molecule has 8 nitrogen and oxygen atoms in total. The van der Waals surface area contributed by atoms with E-state index in [4.69, 9.17) is 21.6 Å². The van der Waals surface area contributed by atoms with Crippen molar-refractivity contribution in [2.45, 2.75) is 18.8 Å². The van der Waals surface area contributed by atoms with Gasteiger partial charge in [0.1, 0.15) is 11.9 Å². The number of pyridine rings is 1. The third kappa shape index (κ3) is 6.47. The molecule has 2 atom stereocenters. The fourth-order valence-corrected chi connectivity index (χ4v) is 5.86. The van der Waals surface area contributed by atoms with Gasteiger partial charge < -0.3 is 19.4 Å². The lowest BCUT2D eigenvalue weighted by Gasteiger charge is -2.34. The normalized spacial score (nSPS) is 18.9. The summed E-state index contributed by atoms with van der Waals surface area (Å²) in [6.07, 6.45) is 2.09. The molecule has 3 heterocycles. The van der Waals surface area contributed by atoms with E-state index in [2.05, 4.69) is 16.0 Å². The van der Waals surface area contributed by atoms with Gasteiger partial charge in [0.25, 0.3) is 0 Å². The molecule has 2 aromatic carbocycles. The number of benzene rings is 2. The van der Waals surface area contributed by atoms with Crippen molar-refractivity contribution in [2.24, 2.45) is 11.8 Å². The molecule has 0 saturated carbocycles. The summed E-state index contributed by atoms with van der Waals surface area (Å²) in [5.41, 5.74) is 1.50. The first-order valence-electron chi connectivity index (χ1n) is 13.8. The van der Waals surface area contributed by atoms with E-state index in [1.807, 2.05) is 23.1 Å². The van der Waals surface area contributed by atoms with Crippen LogP contribution in [-0.2, 0) is 4.79 Å². The van der Waals surface area contributed by atoms with Crippen molar-refractivity contribution in [1.29, 1.82) is 5.26 Å². The van der Waals surface area contributed by atoms with Crippen LogP contribution in [0.2, 0.25) is 5.02 Å². The standard InChI is InChI=1S/C31H30ClF2N5O3/c1-37(31(41)42-27-4-2-3-26(33)29(27)34)17-23-18-39(19-25(23)21-6-8-24(32)9-7-21)30(40)22-11-13-38(14-12-22)28-10-5-20(15-35)16-36-28/h2-10,16,22-23,25H,11-14,17-19H2,1H3/t23?,25-/m0/s1. The number of halogens is 3. The Morgan fingerprint density at radius 3 is 2.50 bits per heavy atom. The summed E-state index contributed by atoms with van der Waals surface area (Å²) in [6, 6.07) is 16.5. The monoisotopic (exact) mass is 593 g/mol. The number of ether oxygens (including phenoxy) is 1. The maximum absolute atomic E-state index is 14.1. The first-order valence-corrected chi connectivity index (χ1v) is 14.1. The average Bonchev–Trinajstić information content (AvgIpc) is 3.43. The van der Waals surface area contributed by atoms with E-state index in [9.17, 15) is 18.4 Å². The van der Waals surface area contributed by atoms with Gasteiger partial charge in [-0.25, -0.2) is 14.2 Å². The van der Waals surface area contributed by atoms with E-state index in [1.54, 1.807) is 24.4 Å². The molecular weight excluding hydrogens is 564 g/mol. The van der Waals surface area contributed by atoms with E-state index < -0.39 is 23.5 Å². The highest BCUT2D eigenvalue weighted by Gasteiger charge is 2.40. The van der Waals surface area contributed by atoms with Crippen LogP contribution in [0.1, 0.15) is 29.9 Å². The quantitative estimate of drug-likeness (QED) is 0.376. The van der Waals surface area contributed by atoms with E-state index >= 15 is 0 Å². The first-order chi connectivity index (χ1) is 20.2. The minimum absolute atomic E-state index is 0.0599. The van der Waals surface area contributed by atoms with Crippen molar-refractivity contribution >= 4 is 29.4 Å². The van der Waals surface area contributed by atoms with E-state index in [0.717, 1.165) is 17.4 Å². The van der Waals surface area contributed by atoms with Crippen molar-refractivity contribution in [3.63, 3.8) is 0 Å². The summed E-state index contributed by atoms with van der Waals surface area (Å²) >= 11 is 6.12. The molecule has 2 amide bonds. The maximum atomic E-state index is 14.1.